The highest BCUT2D eigenvalue weighted by molar-refractivity contribution is 6.61. The smallest absolute Gasteiger partial charge is 0.407 e. The minimum atomic E-state index is -0.177. The van der Waals surface area contributed by atoms with Gasteiger partial charge in [-0.1, -0.05) is 38.1 Å². The lowest BCUT2D eigenvalue weighted by molar-refractivity contribution is -0.00519. The van der Waals surface area contributed by atoms with Crippen LogP contribution < -0.4 is 5.46 Å². The largest absolute Gasteiger partial charge is 0.493 e. The van der Waals surface area contributed by atoms with Crippen molar-refractivity contribution in [2.24, 2.45) is 23.2 Å². The van der Waals surface area contributed by atoms with Gasteiger partial charge in [-0.3, -0.25) is 0 Å². The lowest BCUT2D eigenvalue weighted by atomic mass is 9.48. The highest BCUT2D eigenvalue weighted by Crippen LogP contribution is 2.60. The van der Waals surface area contributed by atoms with Gasteiger partial charge in [-0.25, -0.2) is 0 Å². The molecule has 4 saturated carbocycles. The van der Waals surface area contributed by atoms with Gasteiger partial charge in [0, 0.05) is 18.6 Å². The average Bonchev–Trinajstić information content (AvgIpc) is 2.54. The van der Waals surface area contributed by atoms with Gasteiger partial charge in [-0.2, -0.15) is 0 Å². The van der Waals surface area contributed by atoms with Gasteiger partial charge in [0.2, 0.25) is 0 Å². The molecule has 0 unspecified atom stereocenters. The van der Waals surface area contributed by atoms with E-state index in [4.69, 9.17) is 9.31 Å². The Balaban J connectivity index is 1.35. The molecule has 0 spiro atoms. The Morgan fingerprint density at radius 1 is 0.833 bits per heavy atom. The van der Waals surface area contributed by atoms with Gasteiger partial charge < -0.3 is 9.31 Å². The van der Waals surface area contributed by atoms with Crippen molar-refractivity contribution in [3.05, 3.63) is 29.8 Å². The molecule has 6 rings (SSSR count). The fourth-order valence-corrected chi connectivity index (χ4v) is 6.34. The van der Waals surface area contributed by atoms with E-state index < -0.39 is 0 Å². The Morgan fingerprint density at radius 2 is 1.33 bits per heavy atom. The molecule has 2 nitrogen and oxygen atoms in total. The third-order valence-corrected chi connectivity index (χ3v) is 7.08. The van der Waals surface area contributed by atoms with Gasteiger partial charge >= 0.3 is 7.12 Å². The Bertz CT molecular complexity index is 576. The van der Waals surface area contributed by atoms with Crippen LogP contribution in [0.25, 0.3) is 0 Å². The summed E-state index contributed by atoms with van der Waals surface area (Å²) in [5, 5.41) is 0. The molecule has 5 fully saturated rings. The van der Waals surface area contributed by atoms with Crippen LogP contribution in [0.2, 0.25) is 0 Å². The van der Waals surface area contributed by atoms with Gasteiger partial charge in [-0.05, 0) is 72.7 Å². The van der Waals surface area contributed by atoms with Gasteiger partial charge in [0.15, 0.2) is 0 Å². The predicted molar refractivity (Wildman–Crippen MR) is 97.4 cm³/mol. The van der Waals surface area contributed by atoms with Gasteiger partial charge in [0.1, 0.15) is 0 Å². The monoisotopic (exact) mass is 324 g/mol. The second-order valence-electron chi connectivity index (χ2n) is 9.94. The third-order valence-electron chi connectivity index (χ3n) is 7.08. The van der Waals surface area contributed by atoms with Crippen molar-refractivity contribution in [2.45, 2.75) is 57.8 Å². The average molecular weight is 324 g/mol. The minimum absolute atomic E-state index is 0.135. The molecule has 0 radical (unpaired) electrons. The fraction of sp³-hybridized carbons (Fsp3) is 0.714. The van der Waals surface area contributed by atoms with Crippen molar-refractivity contribution >= 4 is 12.6 Å². The normalized spacial score (nSPS) is 40.1. The third kappa shape index (κ3) is 2.56. The van der Waals surface area contributed by atoms with E-state index in [0.29, 0.717) is 5.41 Å². The summed E-state index contributed by atoms with van der Waals surface area (Å²) < 4.78 is 11.9. The Labute approximate surface area is 146 Å². The van der Waals surface area contributed by atoms with Gasteiger partial charge in [0.05, 0.1) is 0 Å². The minimum Gasteiger partial charge on any atom is -0.407 e. The summed E-state index contributed by atoms with van der Waals surface area (Å²) in [5.74, 6) is 3.01. The van der Waals surface area contributed by atoms with Crippen LogP contribution in [-0.2, 0) is 14.7 Å². The van der Waals surface area contributed by atoms with Crippen LogP contribution in [0.1, 0.15) is 57.9 Å². The molecule has 128 valence electrons. The fourth-order valence-electron chi connectivity index (χ4n) is 6.34. The lowest BCUT2D eigenvalue weighted by Crippen LogP contribution is -2.49. The Hall–Kier alpha value is -0.795. The van der Waals surface area contributed by atoms with E-state index in [0.717, 1.165) is 31.0 Å². The maximum absolute atomic E-state index is 5.95. The van der Waals surface area contributed by atoms with E-state index in [1.807, 2.05) is 0 Å². The molecular formula is C21H29BO2. The molecule has 0 N–H and O–H groups in total. The molecule has 0 aromatic heterocycles. The lowest BCUT2D eigenvalue weighted by Gasteiger charge is -2.57. The molecule has 5 aliphatic rings. The quantitative estimate of drug-likeness (QED) is 0.768. The van der Waals surface area contributed by atoms with Crippen LogP contribution in [0, 0.1) is 23.2 Å². The molecule has 1 aromatic carbocycles. The van der Waals surface area contributed by atoms with Gasteiger partial charge in [-0.15, -0.1) is 0 Å². The molecular weight excluding hydrogens is 295 g/mol. The number of hydrogen-bond acceptors (Lipinski definition) is 2. The maximum Gasteiger partial charge on any atom is 0.493 e. The molecule has 0 amide bonds. The molecule has 1 heterocycles. The highest BCUT2D eigenvalue weighted by Gasteiger charge is 2.51. The summed E-state index contributed by atoms with van der Waals surface area (Å²) in [6.07, 6.45) is 8.83. The molecule has 1 aromatic rings. The molecule has 4 aliphatic carbocycles. The van der Waals surface area contributed by atoms with Crippen LogP contribution in [0.3, 0.4) is 0 Å². The van der Waals surface area contributed by atoms with E-state index in [1.165, 1.54) is 44.0 Å². The summed E-state index contributed by atoms with van der Waals surface area (Å²) in [7, 11) is -0.177. The standard InChI is InChI=1S/C21H29BO2/c1-20(2)13-23-22(24-14-20)19-5-3-18(4-6-19)21-10-15-7-16(11-21)9-17(8-15)12-21/h3-6,15-17H,7-14H2,1-2H3. The van der Waals surface area contributed by atoms with Crippen LogP contribution in [0.5, 0.6) is 0 Å². The molecule has 3 heteroatoms. The van der Waals surface area contributed by atoms with Crippen molar-refractivity contribution < 1.29 is 9.31 Å². The van der Waals surface area contributed by atoms with Crippen LogP contribution >= 0.6 is 0 Å². The Kier molecular flexibility index (Phi) is 3.45. The first kappa shape index (κ1) is 15.5. The van der Waals surface area contributed by atoms with Crippen molar-refractivity contribution in [1.29, 1.82) is 0 Å². The Morgan fingerprint density at radius 3 is 1.83 bits per heavy atom. The zero-order chi connectivity index (χ0) is 16.4. The first-order chi connectivity index (χ1) is 11.5. The summed E-state index contributed by atoms with van der Waals surface area (Å²) >= 11 is 0. The first-order valence-corrected chi connectivity index (χ1v) is 9.85. The van der Waals surface area contributed by atoms with Crippen LogP contribution in [-0.4, -0.2) is 20.3 Å². The van der Waals surface area contributed by atoms with Crippen molar-refractivity contribution in [1.82, 2.24) is 0 Å². The second-order valence-corrected chi connectivity index (χ2v) is 9.94. The van der Waals surface area contributed by atoms with Crippen LogP contribution in [0.15, 0.2) is 24.3 Å². The zero-order valence-electron chi connectivity index (χ0n) is 15.1. The zero-order valence-corrected chi connectivity index (χ0v) is 15.1. The van der Waals surface area contributed by atoms with Crippen LogP contribution in [0.4, 0.5) is 0 Å². The molecule has 24 heavy (non-hydrogen) atoms. The van der Waals surface area contributed by atoms with Crippen molar-refractivity contribution in [2.75, 3.05) is 13.2 Å². The van der Waals surface area contributed by atoms with Crippen molar-refractivity contribution in [3.63, 3.8) is 0 Å². The molecule has 1 saturated heterocycles. The SMILES string of the molecule is CC1(C)COB(c2ccc(C34CC5CC(CC(C5)C3)C4)cc2)OC1. The second kappa shape index (κ2) is 5.35. The molecule has 0 atom stereocenters. The van der Waals surface area contributed by atoms with E-state index in [9.17, 15) is 0 Å². The topological polar surface area (TPSA) is 18.5 Å². The first-order valence-electron chi connectivity index (χ1n) is 9.85. The van der Waals surface area contributed by atoms with E-state index >= 15 is 0 Å². The number of rotatable bonds is 2. The van der Waals surface area contributed by atoms with E-state index in [-0.39, 0.29) is 12.5 Å². The summed E-state index contributed by atoms with van der Waals surface area (Å²) in [6.45, 7) is 5.93. The van der Waals surface area contributed by atoms with Crippen molar-refractivity contribution in [3.8, 4) is 0 Å². The van der Waals surface area contributed by atoms with E-state index in [1.54, 1.807) is 5.56 Å². The summed E-state index contributed by atoms with van der Waals surface area (Å²) in [5.41, 5.74) is 3.39. The number of benzene rings is 1. The maximum atomic E-state index is 5.95. The molecule has 4 bridgehead atoms. The summed E-state index contributed by atoms with van der Waals surface area (Å²) in [4.78, 5) is 0. The predicted octanol–water partition coefficient (Wildman–Crippen LogP) is 3.92. The summed E-state index contributed by atoms with van der Waals surface area (Å²) in [6, 6.07) is 9.29. The number of hydrogen-bond donors (Lipinski definition) is 0. The molecule has 1 aliphatic heterocycles. The van der Waals surface area contributed by atoms with E-state index in [2.05, 4.69) is 38.1 Å². The van der Waals surface area contributed by atoms with Gasteiger partial charge in [0.25, 0.3) is 0 Å². The highest BCUT2D eigenvalue weighted by atomic mass is 16.6.